The second kappa shape index (κ2) is 4.07. The van der Waals surface area contributed by atoms with Crippen LogP contribution in [0, 0.1) is 11.3 Å². The van der Waals surface area contributed by atoms with Crippen molar-refractivity contribution in [2.24, 2.45) is 0 Å². The van der Waals surface area contributed by atoms with E-state index < -0.39 is 0 Å². The fraction of sp³-hybridized carbons (Fsp3) is 0.188. The van der Waals surface area contributed by atoms with Gasteiger partial charge in [0.1, 0.15) is 0 Å². The Morgan fingerprint density at radius 1 is 0.882 bits per heavy atom. The van der Waals surface area contributed by atoms with E-state index in [0.717, 1.165) is 5.56 Å². The van der Waals surface area contributed by atoms with E-state index in [2.05, 4.69) is 42.5 Å². The van der Waals surface area contributed by atoms with Gasteiger partial charge in [0.25, 0.3) is 0 Å². The summed E-state index contributed by atoms with van der Waals surface area (Å²) in [4.78, 5) is 0. The molecular weight excluding hydrogens is 206 g/mol. The maximum Gasteiger partial charge on any atom is 0.0991 e. The summed E-state index contributed by atoms with van der Waals surface area (Å²) >= 11 is 0. The van der Waals surface area contributed by atoms with Crippen molar-refractivity contribution in [2.75, 3.05) is 0 Å². The lowest BCUT2D eigenvalue weighted by Crippen LogP contribution is -1.85. The Morgan fingerprint density at radius 3 is 2.35 bits per heavy atom. The van der Waals surface area contributed by atoms with Crippen LogP contribution in [0.15, 0.2) is 54.6 Å². The molecule has 1 aliphatic rings. The van der Waals surface area contributed by atoms with E-state index in [4.69, 9.17) is 5.26 Å². The first-order valence-electron chi connectivity index (χ1n) is 5.93. The Labute approximate surface area is 101 Å². The van der Waals surface area contributed by atoms with Gasteiger partial charge in [0.05, 0.1) is 11.6 Å². The molecule has 2 atom stereocenters. The van der Waals surface area contributed by atoms with Gasteiger partial charge in [-0.3, -0.25) is 0 Å². The van der Waals surface area contributed by atoms with Crippen LogP contribution in [0.25, 0.3) is 0 Å². The highest BCUT2D eigenvalue weighted by atomic mass is 14.4. The molecule has 1 fully saturated rings. The van der Waals surface area contributed by atoms with Crippen molar-refractivity contribution in [3.05, 3.63) is 71.3 Å². The maximum atomic E-state index is 8.90. The van der Waals surface area contributed by atoms with Gasteiger partial charge < -0.3 is 0 Å². The molecule has 2 aromatic carbocycles. The summed E-state index contributed by atoms with van der Waals surface area (Å²) in [5.74, 6) is 1.25. The van der Waals surface area contributed by atoms with Gasteiger partial charge >= 0.3 is 0 Å². The second-order valence-corrected chi connectivity index (χ2v) is 4.60. The van der Waals surface area contributed by atoms with Crippen molar-refractivity contribution in [3.8, 4) is 6.07 Å². The molecule has 3 rings (SSSR count). The monoisotopic (exact) mass is 219 g/mol. The standard InChI is InChI=1S/C16H13N/c17-11-12-5-4-8-14(9-12)16-10-15(16)13-6-2-1-3-7-13/h1-9,15-16H,10H2. The minimum absolute atomic E-state index is 0.602. The smallest absolute Gasteiger partial charge is 0.0991 e. The van der Waals surface area contributed by atoms with Gasteiger partial charge in [-0.15, -0.1) is 0 Å². The normalized spacial score (nSPS) is 21.8. The topological polar surface area (TPSA) is 23.8 Å². The van der Waals surface area contributed by atoms with E-state index in [9.17, 15) is 0 Å². The average molecular weight is 219 g/mol. The third-order valence-corrected chi connectivity index (χ3v) is 3.46. The van der Waals surface area contributed by atoms with Crippen molar-refractivity contribution in [1.29, 1.82) is 5.26 Å². The highest BCUT2D eigenvalue weighted by molar-refractivity contribution is 5.40. The van der Waals surface area contributed by atoms with Crippen molar-refractivity contribution >= 4 is 0 Å². The zero-order chi connectivity index (χ0) is 11.7. The Balaban J connectivity index is 1.83. The Bertz CT molecular complexity index is 566. The lowest BCUT2D eigenvalue weighted by molar-refractivity contribution is 1.03. The summed E-state index contributed by atoms with van der Waals surface area (Å²) in [5, 5.41) is 8.90. The highest BCUT2D eigenvalue weighted by Gasteiger charge is 2.39. The molecule has 0 aromatic heterocycles. The highest BCUT2D eigenvalue weighted by Crippen LogP contribution is 2.54. The number of hydrogen-bond acceptors (Lipinski definition) is 1. The van der Waals surface area contributed by atoms with Crippen molar-refractivity contribution < 1.29 is 0 Å². The Hall–Kier alpha value is -2.07. The molecule has 0 aliphatic heterocycles. The molecule has 1 saturated carbocycles. The van der Waals surface area contributed by atoms with Gasteiger partial charge in [-0.25, -0.2) is 0 Å². The molecule has 0 bridgehead atoms. The predicted molar refractivity (Wildman–Crippen MR) is 67.7 cm³/mol. The van der Waals surface area contributed by atoms with Crippen LogP contribution in [-0.2, 0) is 0 Å². The van der Waals surface area contributed by atoms with Crippen LogP contribution in [0.5, 0.6) is 0 Å². The van der Waals surface area contributed by atoms with Crippen molar-refractivity contribution in [3.63, 3.8) is 0 Å². The van der Waals surface area contributed by atoms with Crippen LogP contribution in [0.4, 0.5) is 0 Å². The SMILES string of the molecule is N#Cc1cccc(C2CC2c2ccccc2)c1. The number of nitriles is 1. The minimum Gasteiger partial charge on any atom is -0.192 e. The molecule has 0 saturated heterocycles. The number of hydrogen-bond donors (Lipinski definition) is 0. The first kappa shape index (κ1) is 10.1. The third kappa shape index (κ3) is 1.94. The average Bonchev–Trinajstić information content (AvgIpc) is 3.20. The molecule has 1 nitrogen and oxygen atoms in total. The van der Waals surface area contributed by atoms with Crippen LogP contribution in [-0.4, -0.2) is 0 Å². The summed E-state index contributed by atoms with van der Waals surface area (Å²) in [7, 11) is 0. The predicted octanol–water partition coefficient (Wildman–Crippen LogP) is 3.83. The molecule has 0 spiro atoms. The first-order valence-corrected chi connectivity index (χ1v) is 5.93. The van der Waals surface area contributed by atoms with E-state index in [1.165, 1.54) is 17.5 Å². The quantitative estimate of drug-likeness (QED) is 0.753. The Morgan fingerprint density at radius 2 is 1.59 bits per heavy atom. The van der Waals surface area contributed by atoms with Gasteiger partial charge in [-0.1, -0.05) is 42.5 Å². The van der Waals surface area contributed by atoms with Crippen LogP contribution in [0.1, 0.15) is 34.9 Å². The van der Waals surface area contributed by atoms with Gasteiger partial charge in [-0.2, -0.15) is 5.26 Å². The molecule has 2 aromatic rings. The number of nitrogens with zero attached hydrogens (tertiary/aromatic N) is 1. The lowest BCUT2D eigenvalue weighted by atomic mass is 10.0. The van der Waals surface area contributed by atoms with Crippen molar-refractivity contribution in [2.45, 2.75) is 18.3 Å². The van der Waals surface area contributed by atoms with Crippen LogP contribution >= 0.6 is 0 Å². The largest absolute Gasteiger partial charge is 0.192 e. The Kier molecular flexibility index (Phi) is 2.42. The van der Waals surface area contributed by atoms with Crippen LogP contribution in [0.2, 0.25) is 0 Å². The van der Waals surface area contributed by atoms with E-state index in [0.29, 0.717) is 11.8 Å². The van der Waals surface area contributed by atoms with E-state index in [-0.39, 0.29) is 0 Å². The molecule has 17 heavy (non-hydrogen) atoms. The van der Waals surface area contributed by atoms with E-state index in [1.54, 1.807) is 0 Å². The molecule has 0 amide bonds. The van der Waals surface area contributed by atoms with Crippen LogP contribution in [0.3, 0.4) is 0 Å². The van der Waals surface area contributed by atoms with E-state index in [1.807, 2.05) is 18.2 Å². The fourth-order valence-electron chi connectivity index (χ4n) is 2.47. The number of rotatable bonds is 2. The molecule has 1 heteroatoms. The van der Waals surface area contributed by atoms with Gasteiger partial charge in [0.2, 0.25) is 0 Å². The van der Waals surface area contributed by atoms with Crippen LogP contribution < -0.4 is 0 Å². The lowest BCUT2D eigenvalue weighted by Gasteiger charge is -2.01. The summed E-state index contributed by atoms with van der Waals surface area (Å²) in [5.41, 5.74) is 3.49. The molecule has 0 N–H and O–H groups in total. The first-order chi connectivity index (χ1) is 8.38. The summed E-state index contributed by atoms with van der Waals surface area (Å²) < 4.78 is 0. The van der Waals surface area contributed by atoms with Gasteiger partial charge in [-0.05, 0) is 41.5 Å². The van der Waals surface area contributed by atoms with Gasteiger partial charge in [0, 0.05) is 0 Å². The summed E-state index contributed by atoms with van der Waals surface area (Å²) in [6.45, 7) is 0. The molecular formula is C16H13N. The molecule has 82 valence electrons. The van der Waals surface area contributed by atoms with E-state index >= 15 is 0 Å². The third-order valence-electron chi connectivity index (χ3n) is 3.46. The molecule has 0 heterocycles. The summed E-state index contributed by atoms with van der Waals surface area (Å²) in [6.07, 6.45) is 1.21. The maximum absolute atomic E-state index is 8.90. The zero-order valence-corrected chi connectivity index (χ0v) is 9.51. The number of benzene rings is 2. The molecule has 0 radical (unpaired) electrons. The minimum atomic E-state index is 0.602. The summed E-state index contributed by atoms with van der Waals surface area (Å²) in [6, 6.07) is 20.8. The molecule has 1 aliphatic carbocycles. The zero-order valence-electron chi connectivity index (χ0n) is 9.51. The fourth-order valence-corrected chi connectivity index (χ4v) is 2.47. The molecule has 2 unspecified atom stereocenters. The van der Waals surface area contributed by atoms with Gasteiger partial charge in [0.15, 0.2) is 0 Å². The van der Waals surface area contributed by atoms with Crippen molar-refractivity contribution in [1.82, 2.24) is 0 Å². The second-order valence-electron chi connectivity index (χ2n) is 4.60.